The van der Waals surface area contributed by atoms with Crippen molar-refractivity contribution in [2.45, 2.75) is 44.8 Å². The second-order valence-electron chi connectivity index (χ2n) is 5.92. The average Bonchev–Trinajstić information content (AvgIpc) is 2.58. The van der Waals surface area contributed by atoms with Gasteiger partial charge in [-0.1, -0.05) is 18.2 Å². The van der Waals surface area contributed by atoms with Gasteiger partial charge >= 0.3 is 0 Å². The predicted octanol–water partition coefficient (Wildman–Crippen LogP) is 2.91. The molecule has 1 aliphatic carbocycles. The van der Waals surface area contributed by atoms with E-state index in [9.17, 15) is 4.79 Å². The van der Waals surface area contributed by atoms with Crippen LogP contribution < -0.4 is 10.1 Å². The molecule has 1 amide bonds. The summed E-state index contributed by atoms with van der Waals surface area (Å²) < 4.78 is 5.83. The molecule has 5 heteroatoms. The van der Waals surface area contributed by atoms with Crippen LogP contribution in [0, 0.1) is 6.92 Å². The Hall–Kier alpha value is -2.43. The van der Waals surface area contributed by atoms with E-state index in [1.54, 1.807) is 18.6 Å². The van der Waals surface area contributed by atoms with Crippen molar-refractivity contribution in [1.29, 1.82) is 0 Å². The van der Waals surface area contributed by atoms with Crippen molar-refractivity contribution in [3.63, 3.8) is 0 Å². The fourth-order valence-electron chi connectivity index (χ4n) is 2.93. The fraction of sp³-hybridized carbons (Fsp3) is 0.389. The van der Waals surface area contributed by atoms with E-state index in [-0.39, 0.29) is 18.1 Å². The molecule has 1 aromatic heterocycles. The molecule has 1 fully saturated rings. The highest BCUT2D eigenvalue weighted by Gasteiger charge is 2.24. The largest absolute Gasteiger partial charge is 0.473 e. The van der Waals surface area contributed by atoms with Gasteiger partial charge in [0.2, 0.25) is 5.88 Å². The Morgan fingerprint density at radius 1 is 1.17 bits per heavy atom. The Labute approximate surface area is 136 Å². The Kier molecular flexibility index (Phi) is 4.86. The topological polar surface area (TPSA) is 64.1 Å². The minimum atomic E-state index is 0.0152. The highest BCUT2D eigenvalue weighted by molar-refractivity contribution is 5.95. The molecule has 0 spiro atoms. The third-order valence-corrected chi connectivity index (χ3v) is 4.23. The molecule has 1 saturated carbocycles. The number of hydrogen-bond acceptors (Lipinski definition) is 4. The van der Waals surface area contributed by atoms with Crippen molar-refractivity contribution >= 4 is 5.91 Å². The van der Waals surface area contributed by atoms with Crippen LogP contribution in [-0.2, 0) is 0 Å². The quantitative estimate of drug-likeness (QED) is 0.943. The van der Waals surface area contributed by atoms with Crippen molar-refractivity contribution in [2.24, 2.45) is 0 Å². The number of rotatable bonds is 4. The van der Waals surface area contributed by atoms with Gasteiger partial charge in [-0.3, -0.25) is 9.78 Å². The molecule has 2 aromatic rings. The zero-order valence-electron chi connectivity index (χ0n) is 13.2. The number of amides is 1. The van der Waals surface area contributed by atoms with Gasteiger partial charge in [0, 0.05) is 24.0 Å². The Balaban J connectivity index is 1.49. The van der Waals surface area contributed by atoms with Gasteiger partial charge in [-0.15, -0.1) is 0 Å². The zero-order valence-corrected chi connectivity index (χ0v) is 13.2. The molecule has 120 valence electrons. The molecule has 0 saturated heterocycles. The van der Waals surface area contributed by atoms with Crippen LogP contribution in [0.2, 0.25) is 0 Å². The molecule has 0 bridgehead atoms. The van der Waals surface area contributed by atoms with Crippen LogP contribution in [-0.4, -0.2) is 28.0 Å². The van der Waals surface area contributed by atoms with Crippen molar-refractivity contribution in [1.82, 2.24) is 15.3 Å². The predicted molar refractivity (Wildman–Crippen MR) is 87.3 cm³/mol. The number of carbonyl (C=O) groups is 1. The molecule has 3 rings (SSSR count). The molecule has 0 atom stereocenters. The smallest absolute Gasteiger partial charge is 0.251 e. The average molecular weight is 311 g/mol. The van der Waals surface area contributed by atoms with Gasteiger partial charge in [0.1, 0.15) is 6.10 Å². The van der Waals surface area contributed by atoms with Crippen LogP contribution in [0.25, 0.3) is 0 Å². The molecular formula is C18H21N3O2. The molecule has 0 aliphatic heterocycles. The first kappa shape index (κ1) is 15.5. The normalized spacial score (nSPS) is 20.7. The van der Waals surface area contributed by atoms with Crippen molar-refractivity contribution in [2.75, 3.05) is 0 Å². The van der Waals surface area contributed by atoms with E-state index in [1.165, 1.54) is 0 Å². The van der Waals surface area contributed by atoms with Crippen LogP contribution in [0.3, 0.4) is 0 Å². The number of aryl methyl sites for hydroxylation is 1. The van der Waals surface area contributed by atoms with E-state index in [0.717, 1.165) is 36.8 Å². The highest BCUT2D eigenvalue weighted by atomic mass is 16.5. The van der Waals surface area contributed by atoms with Crippen LogP contribution >= 0.6 is 0 Å². The molecule has 1 aromatic carbocycles. The first-order chi connectivity index (χ1) is 11.2. The molecule has 0 unspecified atom stereocenters. The lowest BCUT2D eigenvalue weighted by Gasteiger charge is -2.29. The van der Waals surface area contributed by atoms with Crippen molar-refractivity contribution < 1.29 is 9.53 Å². The lowest BCUT2D eigenvalue weighted by Crippen LogP contribution is -2.40. The molecule has 1 heterocycles. The van der Waals surface area contributed by atoms with E-state index in [4.69, 9.17) is 4.74 Å². The Morgan fingerprint density at radius 3 is 2.65 bits per heavy atom. The van der Waals surface area contributed by atoms with Gasteiger partial charge in [-0.2, -0.15) is 0 Å². The van der Waals surface area contributed by atoms with Crippen molar-refractivity contribution in [3.05, 3.63) is 54.0 Å². The number of carbonyl (C=O) groups excluding carboxylic acids is 1. The summed E-state index contributed by atoms with van der Waals surface area (Å²) >= 11 is 0. The van der Waals surface area contributed by atoms with Crippen LogP contribution in [0.15, 0.2) is 42.9 Å². The number of ether oxygens (including phenoxy) is 1. The molecular weight excluding hydrogens is 290 g/mol. The van der Waals surface area contributed by atoms with Crippen molar-refractivity contribution in [3.8, 4) is 5.88 Å². The Bertz CT molecular complexity index is 652. The van der Waals surface area contributed by atoms with Gasteiger partial charge in [0.15, 0.2) is 0 Å². The van der Waals surface area contributed by atoms with Gasteiger partial charge in [0.25, 0.3) is 5.91 Å². The van der Waals surface area contributed by atoms with Crippen LogP contribution in [0.4, 0.5) is 0 Å². The zero-order chi connectivity index (χ0) is 16.1. The van der Waals surface area contributed by atoms with E-state index >= 15 is 0 Å². The first-order valence-electron chi connectivity index (χ1n) is 8.01. The van der Waals surface area contributed by atoms with E-state index in [0.29, 0.717) is 5.88 Å². The summed E-state index contributed by atoms with van der Waals surface area (Å²) in [5.41, 5.74) is 1.76. The maximum absolute atomic E-state index is 12.3. The van der Waals surface area contributed by atoms with Crippen LogP contribution in [0.1, 0.15) is 41.6 Å². The first-order valence-corrected chi connectivity index (χ1v) is 8.01. The number of nitrogens with zero attached hydrogens (tertiary/aromatic N) is 2. The summed E-state index contributed by atoms with van der Waals surface area (Å²) in [5, 5.41) is 3.14. The summed E-state index contributed by atoms with van der Waals surface area (Å²) in [6.45, 7) is 1.96. The Morgan fingerprint density at radius 2 is 1.96 bits per heavy atom. The van der Waals surface area contributed by atoms with E-state index in [1.807, 2.05) is 31.2 Å². The SMILES string of the molecule is Cc1ccccc1C(=O)NC1CCC(Oc2cnccn2)CC1. The fourth-order valence-corrected chi connectivity index (χ4v) is 2.93. The summed E-state index contributed by atoms with van der Waals surface area (Å²) in [7, 11) is 0. The lowest BCUT2D eigenvalue weighted by atomic mass is 9.92. The van der Waals surface area contributed by atoms with Gasteiger partial charge in [0.05, 0.1) is 6.20 Å². The lowest BCUT2D eigenvalue weighted by molar-refractivity contribution is 0.0889. The maximum atomic E-state index is 12.3. The molecule has 1 N–H and O–H groups in total. The molecule has 5 nitrogen and oxygen atoms in total. The summed E-state index contributed by atoms with van der Waals surface area (Å²) in [6, 6.07) is 7.88. The number of aromatic nitrogens is 2. The molecule has 23 heavy (non-hydrogen) atoms. The van der Waals surface area contributed by atoms with Gasteiger partial charge in [-0.25, -0.2) is 4.98 Å². The summed E-state index contributed by atoms with van der Waals surface area (Å²) in [4.78, 5) is 20.5. The molecule has 0 radical (unpaired) electrons. The van der Waals surface area contributed by atoms with Crippen LogP contribution in [0.5, 0.6) is 5.88 Å². The van der Waals surface area contributed by atoms with E-state index < -0.39 is 0 Å². The summed E-state index contributed by atoms with van der Waals surface area (Å²) in [6.07, 6.45) is 8.70. The minimum Gasteiger partial charge on any atom is -0.473 e. The molecule has 1 aliphatic rings. The number of hydrogen-bond donors (Lipinski definition) is 1. The van der Waals surface area contributed by atoms with Gasteiger partial charge < -0.3 is 10.1 Å². The third kappa shape index (κ3) is 4.06. The second-order valence-corrected chi connectivity index (χ2v) is 5.92. The standard InChI is InChI=1S/C18H21N3O2/c1-13-4-2-3-5-16(13)18(22)21-14-6-8-15(9-7-14)23-17-12-19-10-11-20-17/h2-5,10-12,14-15H,6-9H2,1H3,(H,21,22). The minimum absolute atomic E-state index is 0.0152. The monoisotopic (exact) mass is 311 g/mol. The second kappa shape index (κ2) is 7.22. The maximum Gasteiger partial charge on any atom is 0.251 e. The van der Waals surface area contributed by atoms with E-state index in [2.05, 4.69) is 15.3 Å². The highest BCUT2D eigenvalue weighted by Crippen LogP contribution is 2.23. The number of benzene rings is 1. The summed E-state index contributed by atoms with van der Waals surface area (Å²) in [5.74, 6) is 0.585. The van der Waals surface area contributed by atoms with Gasteiger partial charge in [-0.05, 0) is 44.2 Å². The number of nitrogens with one attached hydrogen (secondary N) is 1. The third-order valence-electron chi connectivity index (χ3n) is 4.23.